The van der Waals surface area contributed by atoms with E-state index in [4.69, 9.17) is 14.7 Å². The van der Waals surface area contributed by atoms with Crippen molar-refractivity contribution in [2.45, 2.75) is 44.9 Å². The van der Waals surface area contributed by atoms with Crippen LogP contribution >= 0.6 is 15.9 Å². The zero-order chi connectivity index (χ0) is 15.3. The predicted octanol–water partition coefficient (Wildman–Crippen LogP) is 5.07. The van der Waals surface area contributed by atoms with E-state index in [-0.39, 0.29) is 0 Å². The van der Waals surface area contributed by atoms with Crippen molar-refractivity contribution in [1.82, 2.24) is 0 Å². The highest BCUT2D eigenvalue weighted by Crippen LogP contribution is 2.22. The molecule has 0 aliphatic carbocycles. The summed E-state index contributed by atoms with van der Waals surface area (Å²) in [7, 11) is 1.59. The van der Waals surface area contributed by atoms with Gasteiger partial charge in [-0.1, -0.05) is 48.0 Å². The SMILES string of the molecule is COc1cc(C#N)cc(OCCCCCCCCCBr)c1. The Labute approximate surface area is 136 Å². The van der Waals surface area contributed by atoms with Gasteiger partial charge in [0.05, 0.1) is 25.3 Å². The Morgan fingerprint density at radius 1 is 0.952 bits per heavy atom. The Kier molecular flexibility index (Phi) is 9.73. The number of benzene rings is 1. The third kappa shape index (κ3) is 7.96. The van der Waals surface area contributed by atoms with Gasteiger partial charge in [-0.2, -0.15) is 5.26 Å². The van der Waals surface area contributed by atoms with Crippen molar-refractivity contribution in [3.8, 4) is 17.6 Å². The second kappa shape index (κ2) is 11.4. The van der Waals surface area contributed by atoms with E-state index in [9.17, 15) is 0 Å². The van der Waals surface area contributed by atoms with Gasteiger partial charge in [0.1, 0.15) is 11.5 Å². The lowest BCUT2D eigenvalue weighted by molar-refractivity contribution is 0.302. The molecule has 116 valence electrons. The first-order chi connectivity index (χ1) is 10.3. The largest absolute Gasteiger partial charge is 0.497 e. The summed E-state index contributed by atoms with van der Waals surface area (Å²) in [5.41, 5.74) is 0.566. The summed E-state index contributed by atoms with van der Waals surface area (Å²) in [6.07, 6.45) is 8.76. The van der Waals surface area contributed by atoms with Gasteiger partial charge in [-0.25, -0.2) is 0 Å². The number of ether oxygens (including phenoxy) is 2. The van der Waals surface area contributed by atoms with E-state index in [1.165, 1.54) is 38.5 Å². The highest BCUT2D eigenvalue weighted by atomic mass is 79.9. The van der Waals surface area contributed by atoms with E-state index >= 15 is 0 Å². The van der Waals surface area contributed by atoms with Gasteiger partial charge in [0, 0.05) is 11.4 Å². The summed E-state index contributed by atoms with van der Waals surface area (Å²) in [5, 5.41) is 10.1. The highest BCUT2D eigenvalue weighted by molar-refractivity contribution is 9.09. The van der Waals surface area contributed by atoms with Crippen LogP contribution in [0.1, 0.15) is 50.5 Å². The van der Waals surface area contributed by atoms with E-state index in [2.05, 4.69) is 22.0 Å². The van der Waals surface area contributed by atoms with Gasteiger partial charge >= 0.3 is 0 Å². The van der Waals surface area contributed by atoms with E-state index in [0.717, 1.165) is 11.8 Å². The van der Waals surface area contributed by atoms with Crippen LogP contribution in [-0.2, 0) is 0 Å². The molecular weight excluding hydrogens is 330 g/mol. The quantitative estimate of drug-likeness (QED) is 0.411. The third-order valence-corrected chi connectivity index (χ3v) is 3.85. The number of hydrogen-bond donors (Lipinski definition) is 0. The number of hydrogen-bond acceptors (Lipinski definition) is 3. The number of halogens is 1. The second-order valence-electron chi connectivity index (χ2n) is 5.02. The van der Waals surface area contributed by atoms with Crippen molar-refractivity contribution in [3.63, 3.8) is 0 Å². The van der Waals surface area contributed by atoms with Gasteiger partial charge < -0.3 is 9.47 Å². The Morgan fingerprint density at radius 3 is 2.19 bits per heavy atom. The Hall–Kier alpha value is -1.21. The van der Waals surface area contributed by atoms with Crippen LogP contribution < -0.4 is 9.47 Å². The second-order valence-corrected chi connectivity index (χ2v) is 5.81. The predicted molar refractivity (Wildman–Crippen MR) is 89.3 cm³/mol. The molecule has 0 radical (unpaired) electrons. The molecule has 0 unspecified atom stereocenters. The van der Waals surface area contributed by atoms with E-state index in [1.807, 2.05) is 6.07 Å². The van der Waals surface area contributed by atoms with Crippen molar-refractivity contribution in [2.24, 2.45) is 0 Å². The summed E-state index contributed by atoms with van der Waals surface area (Å²) in [6, 6.07) is 7.40. The zero-order valence-electron chi connectivity index (χ0n) is 12.7. The molecule has 0 saturated carbocycles. The van der Waals surface area contributed by atoms with Gasteiger partial charge in [0.2, 0.25) is 0 Å². The Balaban J connectivity index is 2.17. The minimum atomic E-state index is 0.566. The standard InChI is InChI=1S/C17H24BrNO2/c1-20-16-11-15(14-19)12-17(13-16)21-10-8-6-4-2-3-5-7-9-18/h11-13H,2-10H2,1H3. The van der Waals surface area contributed by atoms with Crippen LogP contribution in [0, 0.1) is 11.3 Å². The molecule has 1 rings (SSSR count). The Bertz CT molecular complexity index is 443. The lowest BCUT2D eigenvalue weighted by atomic mass is 10.1. The molecule has 0 amide bonds. The molecular formula is C17H24BrNO2. The summed E-state index contributed by atoms with van der Waals surface area (Å²) < 4.78 is 10.9. The van der Waals surface area contributed by atoms with Crippen molar-refractivity contribution in [3.05, 3.63) is 23.8 Å². The summed E-state index contributed by atoms with van der Waals surface area (Å²) in [4.78, 5) is 0. The van der Waals surface area contributed by atoms with Crippen molar-refractivity contribution in [1.29, 1.82) is 5.26 Å². The molecule has 0 fully saturated rings. The number of methoxy groups -OCH3 is 1. The molecule has 0 bridgehead atoms. The molecule has 0 N–H and O–H groups in total. The summed E-state index contributed by atoms with van der Waals surface area (Å²) in [5.74, 6) is 1.37. The molecule has 0 aliphatic heterocycles. The minimum absolute atomic E-state index is 0.566. The van der Waals surface area contributed by atoms with Crippen molar-refractivity contribution < 1.29 is 9.47 Å². The van der Waals surface area contributed by atoms with E-state index < -0.39 is 0 Å². The number of rotatable bonds is 11. The highest BCUT2D eigenvalue weighted by Gasteiger charge is 2.02. The average molecular weight is 354 g/mol. The first-order valence-corrected chi connectivity index (χ1v) is 8.70. The maximum Gasteiger partial charge on any atom is 0.124 e. The maximum absolute atomic E-state index is 8.95. The minimum Gasteiger partial charge on any atom is -0.497 e. The molecule has 3 nitrogen and oxygen atoms in total. The van der Waals surface area contributed by atoms with Crippen LogP contribution in [0.25, 0.3) is 0 Å². The molecule has 0 aliphatic rings. The number of alkyl halides is 1. The van der Waals surface area contributed by atoms with Crippen LogP contribution in [0.4, 0.5) is 0 Å². The van der Waals surface area contributed by atoms with Gasteiger partial charge in [-0.15, -0.1) is 0 Å². The lowest BCUT2D eigenvalue weighted by Gasteiger charge is -2.08. The van der Waals surface area contributed by atoms with Gasteiger partial charge in [-0.05, 0) is 25.0 Å². The fourth-order valence-electron chi connectivity index (χ4n) is 2.11. The number of unbranched alkanes of at least 4 members (excludes halogenated alkanes) is 6. The van der Waals surface area contributed by atoms with Crippen LogP contribution in [0.2, 0.25) is 0 Å². The normalized spacial score (nSPS) is 10.1. The van der Waals surface area contributed by atoms with Crippen LogP contribution in [0.15, 0.2) is 18.2 Å². The summed E-state index contributed by atoms with van der Waals surface area (Å²) >= 11 is 3.45. The van der Waals surface area contributed by atoms with Crippen LogP contribution in [-0.4, -0.2) is 19.0 Å². The first kappa shape index (κ1) is 17.8. The van der Waals surface area contributed by atoms with Crippen molar-refractivity contribution >= 4 is 15.9 Å². The first-order valence-electron chi connectivity index (χ1n) is 7.58. The molecule has 0 spiro atoms. The molecule has 0 atom stereocenters. The van der Waals surface area contributed by atoms with Crippen LogP contribution in [0.3, 0.4) is 0 Å². The average Bonchev–Trinajstić information content (AvgIpc) is 2.52. The van der Waals surface area contributed by atoms with Gasteiger partial charge in [0.15, 0.2) is 0 Å². The topological polar surface area (TPSA) is 42.2 Å². The molecule has 0 aromatic heterocycles. The molecule has 0 heterocycles. The molecule has 1 aromatic carbocycles. The summed E-state index contributed by atoms with van der Waals surface area (Å²) in [6.45, 7) is 0.694. The Morgan fingerprint density at radius 2 is 1.57 bits per heavy atom. The fraction of sp³-hybridized carbons (Fsp3) is 0.588. The third-order valence-electron chi connectivity index (χ3n) is 3.29. The molecule has 21 heavy (non-hydrogen) atoms. The van der Waals surface area contributed by atoms with E-state index in [1.54, 1.807) is 19.2 Å². The zero-order valence-corrected chi connectivity index (χ0v) is 14.3. The van der Waals surface area contributed by atoms with Gasteiger partial charge in [0.25, 0.3) is 0 Å². The van der Waals surface area contributed by atoms with Gasteiger partial charge in [-0.3, -0.25) is 0 Å². The fourth-order valence-corrected chi connectivity index (χ4v) is 2.50. The monoisotopic (exact) mass is 353 g/mol. The molecule has 4 heteroatoms. The van der Waals surface area contributed by atoms with Crippen molar-refractivity contribution in [2.75, 3.05) is 19.0 Å². The number of nitrogens with zero attached hydrogens (tertiary/aromatic N) is 1. The maximum atomic E-state index is 8.95. The number of nitriles is 1. The molecule has 1 aromatic rings. The van der Waals surface area contributed by atoms with Crippen LogP contribution in [0.5, 0.6) is 11.5 Å². The smallest absolute Gasteiger partial charge is 0.124 e. The lowest BCUT2D eigenvalue weighted by Crippen LogP contribution is -1.98. The van der Waals surface area contributed by atoms with E-state index in [0.29, 0.717) is 23.7 Å². The molecule has 0 saturated heterocycles.